The Hall–Kier alpha value is -4.76. The lowest BCUT2D eigenvalue weighted by Gasteiger charge is -2.13. The molecule has 9 rings (SSSR count). The summed E-state index contributed by atoms with van der Waals surface area (Å²) in [6.45, 7) is 0. The van der Waals surface area contributed by atoms with E-state index < -0.39 is 0 Å². The molecule has 0 amide bonds. The number of hydrogen-bond acceptors (Lipinski definition) is 2. The van der Waals surface area contributed by atoms with Gasteiger partial charge < -0.3 is 0 Å². The smallest absolute Gasteiger partial charge is 0.0361 e. The van der Waals surface area contributed by atoms with E-state index >= 15 is 0 Å². The van der Waals surface area contributed by atoms with Crippen LogP contribution < -0.4 is 0 Å². The second kappa shape index (κ2) is 9.39. The summed E-state index contributed by atoms with van der Waals surface area (Å²) in [6.07, 6.45) is 0. The zero-order valence-electron chi connectivity index (χ0n) is 22.7. The minimum Gasteiger partial charge on any atom is -0.135 e. The maximum absolute atomic E-state index is 2.41. The maximum atomic E-state index is 2.41. The fraction of sp³-hybridized carbons (Fsp3) is 0. The van der Waals surface area contributed by atoms with Crippen molar-refractivity contribution >= 4 is 75.2 Å². The molecule has 0 aliphatic heterocycles. The van der Waals surface area contributed by atoms with E-state index in [1.807, 2.05) is 22.7 Å². The van der Waals surface area contributed by atoms with Crippen LogP contribution in [0.3, 0.4) is 0 Å². The fourth-order valence-electron chi connectivity index (χ4n) is 6.54. The molecule has 0 aliphatic rings. The molecule has 0 bridgehead atoms. The summed E-state index contributed by atoms with van der Waals surface area (Å²) in [5, 5.41) is 10.6. The molecule has 2 aromatic heterocycles. The van der Waals surface area contributed by atoms with Crippen LogP contribution in [0, 0.1) is 0 Å². The lowest BCUT2D eigenvalue weighted by molar-refractivity contribution is 1.65. The minimum absolute atomic E-state index is 1.25. The van der Waals surface area contributed by atoms with E-state index in [1.165, 1.54) is 84.5 Å². The van der Waals surface area contributed by atoms with Gasteiger partial charge in [-0.2, -0.15) is 0 Å². The average Bonchev–Trinajstić information content (AvgIpc) is 3.70. The third kappa shape index (κ3) is 3.66. The van der Waals surface area contributed by atoms with E-state index in [0.717, 1.165) is 0 Å². The highest BCUT2D eigenvalue weighted by molar-refractivity contribution is 7.26. The van der Waals surface area contributed by atoms with Crippen molar-refractivity contribution in [1.29, 1.82) is 0 Å². The summed E-state index contributed by atoms with van der Waals surface area (Å²) in [5.41, 5.74) is 5.09. The Morgan fingerprint density at radius 2 is 0.905 bits per heavy atom. The second-order valence-electron chi connectivity index (χ2n) is 10.9. The molecule has 0 saturated heterocycles. The number of thiophene rings is 2. The standard InChI is InChI=1S/C40H24S2/c1-2-9-25(10-3-1)26-17-19-31-34(23-26)29-12-5-4-11-28(29)30-20-18-27(24-35(30)31)36-21-22-38(41-36)33-14-8-16-39-40(33)32-13-6-7-15-37(32)42-39/h1-24H. The monoisotopic (exact) mass is 568 g/mol. The van der Waals surface area contributed by atoms with Gasteiger partial charge in [-0.05, 0) is 85.4 Å². The molecule has 0 N–H and O–H groups in total. The largest absolute Gasteiger partial charge is 0.135 e. The van der Waals surface area contributed by atoms with E-state index in [-0.39, 0.29) is 0 Å². The highest BCUT2D eigenvalue weighted by Crippen LogP contribution is 2.44. The van der Waals surface area contributed by atoms with Crippen LogP contribution in [-0.2, 0) is 0 Å². The van der Waals surface area contributed by atoms with Gasteiger partial charge in [0, 0.05) is 35.5 Å². The summed E-state index contributed by atoms with van der Waals surface area (Å²) < 4.78 is 2.70. The third-order valence-electron chi connectivity index (χ3n) is 8.50. The number of hydrogen-bond donors (Lipinski definition) is 0. The topological polar surface area (TPSA) is 0 Å². The Morgan fingerprint density at radius 3 is 1.74 bits per heavy atom. The van der Waals surface area contributed by atoms with E-state index in [1.54, 1.807) is 0 Å². The molecule has 0 saturated carbocycles. The zero-order chi connectivity index (χ0) is 27.6. The molecule has 7 aromatic carbocycles. The van der Waals surface area contributed by atoms with Gasteiger partial charge in [-0.15, -0.1) is 22.7 Å². The number of benzene rings is 7. The highest BCUT2D eigenvalue weighted by Gasteiger charge is 2.15. The van der Waals surface area contributed by atoms with E-state index in [2.05, 4.69) is 146 Å². The van der Waals surface area contributed by atoms with Crippen molar-refractivity contribution in [3.05, 3.63) is 146 Å². The molecule has 0 radical (unpaired) electrons. The van der Waals surface area contributed by atoms with Crippen molar-refractivity contribution in [2.24, 2.45) is 0 Å². The first-order chi connectivity index (χ1) is 20.8. The van der Waals surface area contributed by atoms with Crippen LogP contribution in [0.15, 0.2) is 146 Å². The summed E-state index contributed by atoms with van der Waals surface area (Å²) in [7, 11) is 0. The molecule has 0 aliphatic carbocycles. The molecule has 0 unspecified atom stereocenters. The van der Waals surface area contributed by atoms with Crippen molar-refractivity contribution in [3.63, 3.8) is 0 Å². The van der Waals surface area contributed by atoms with E-state index in [9.17, 15) is 0 Å². The van der Waals surface area contributed by atoms with Crippen LogP contribution in [0.25, 0.3) is 84.5 Å². The lowest BCUT2D eigenvalue weighted by Crippen LogP contribution is -1.86. The molecule has 0 spiro atoms. The molecule has 9 aromatic rings. The van der Waals surface area contributed by atoms with Gasteiger partial charge in [0.25, 0.3) is 0 Å². The SMILES string of the molecule is c1ccc(-c2ccc3c(c2)c2ccccc2c2ccc(-c4ccc(-c5cccc6sc7ccccc7c56)s4)cc23)cc1. The third-order valence-corrected chi connectivity index (χ3v) is 10.8. The van der Waals surface area contributed by atoms with Gasteiger partial charge in [0.1, 0.15) is 0 Å². The zero-order valence-corrected chi connectivity index (χ0v) is 24.3. The molecular weight excluding hydrogens is 545 g/mol. The van der Waals surface area contributed by atoms with Crippen molar-refractivity contribution in [3.8, 4) is 32.0 Å². The second-order valence-corrected chi connectivity index (χ2v) is 13.0. The molecule has 196 valence electrons. The molecule has 42 heavy (non-hydrogen) atoms. The Morgan fingerprint density at radius 1 is 0.310 bits per heavy atom. The molecule has 0 nitrogen and oxygen atoms in total. The van der Waals surface area contributed by atoms with Gasteiger partial charge in [0.2, 0.25) is 0 Å². The Kier molecular flexibility index (Phi) is 5.34. The maximum Gasteiger partial charge on any atom is 0.0361 e. The average molecular weight is 569 g/mol. The van der Waals surface area contributed by atoms with Crippen LogP contribution in [0.5, 0.6) is 0 Å². The van der Waals surface area contributed by atoms with E-state index in [0.29, 0.717) is 0 Å². The first-order valence-electron chi connectivity index (χ1n) is 14.3. The van der Waals surface area contributed by atoms with Gasteiger partial charge in [0.05, 0.1) is 0 Å². The molecule has 2 heteroatoms. The quantitative estimate of drug-likeness (QED) is 0.186. The molecule has 0 fully saturated rings. The van der Waals surface area contributed by atoms with Gasteiger partial charge in [-0.3, -0.25) is 0 Å². The molecular formula is C40H24S2. The normalized spacial score (nSPS) is 11.8. The van der Waals surface area contributed by atoms with E-state index in [4.69, 9.17) is 0 Å². The fourth-order valence-corrected chi connectivity index (χ4v) is 8.70. The highest BCUT2D eigenvalue weighted by atomic mass is 32.1. The first kappa shape index (κ1) is 23.9. The lowest BCUT2D eigenvalue weighted by atomic mass is 9.91. The summed E-state index contributed by atoms with van der Waals surface area (Å²) in [4.78, 5) is 2.61. The van der Waals surface area contributed by atoms with Crippen LogP contribution in [0.2, 0.25) is 0 Å². The molecule has 2 heterocycles. The van der Waals surface area contributed by atoms with Crippen LogP contribution >= 0.6 is 22.7 Å². The molecule has 0 atom stereocenters. The number of fused-ring (bicyclic) bond motifs is 9. The number of rotatable bonds is 3. The summed E-state index contributed by atoms with van der Waals surface area (Å²) >= 11 is 3.77. The van der Waals surface area contributed by atoms with Crippen LogP contribution in [0.1, 0.15) is 0 Å². The first-order valence-corrected chi connectivity index (χ1v) is 15.9. The predicted octanol–water partition coefficient (Wildman–Crippen LogP) is 12.6. The van der Waals surface area contributed by atoms with Gasteiger partial charge in [-0.1, -0.05) is 109 Å². The van der Waals surface area contributed by atoms with Gasteiger partial charge in [0.15, 0.2) is 0 Å². The van der Waals surface area contributed by atoms with Crippen LogP contribution in [0.4, 0.5) is 0 Å². The van der Waals surface area contributed by atoms with Crippen LogP contribution in [-0.4, -0.2) is 0 Å². The summed E-state index contributed by atoms with van der Waals surface area (Å²) in [5.74, 6) is 0. The van der Waals surface area contributed by atoms with Crippen molar-refractivity contribution < 1.29 is 0 Å². The Bertz CT molecular complexity index is 2460. The Labute approximate surface area is 251 Å². The Balaban J connectivity index is 1.23. The van der Waals surface area contributed by atoms with Crippen molar-refractivity contribution in [1.82, 2.24) is 0 Å². The summed E-state index contributed by atoms with van der Waals surface area (Å²) in [6, 6.07) is 53.6. The van der Waals surface area contributed by atoms with Crippen molar-refractivity contribution in [2.75, 3.05) is 0 Å². The van der Waals surface area contributed by atoms with Gasteiger partial charge >= 0.3 is 0 Å². The minimum atomic E-state index is 1.25. The van der Waals surface area contributed by atoms with Crippen molar-refractivity contribution in [2.45, 2.75) is 0 Å². The van der Waals surface area contributed by atoms with Gasteiger partial charge in [-0.25, -0.2) is 0 Å². The predicted molar refractivity (Wildman–Crippen MR) is 186 cm³/mol.